The van der Waals surface area contributed by atoms with E-state index in [4.69, 9.17) is 0 Å². The minimum atomic E-state index is -0.423. The fourth-order valence-corrected chi connectivity index (χ4v) is 2.77. The molecule has 0 unspecified atom stereocenters. The summed E-state index contributed by atoms with van der Waals surface area (Å²) in [4.78, 5) is 28.4. The fraction of sp³-hybridized carbons (Fsp3) is 0.556. The van der Waals surface area contributed by atoms with E-state index in [-0.39, 0.29) is 11.8 Å². The standard InChI is InChI=1S/C18H26FN3O2/c1-2-3-10-22(18(24)15-5-4-6-16(19)14-15)11-7-17(23)21-12-8-20-9-13-21/h4-6,14,20H,2-3,7-13H2,1H3. The summed E-state index contributed by atoms with van der Waals surface area (Å²) in [6.45, 7) is 6.06. The van der Waals surface area contributed by atoms with E-state index in [1.165, 1.54) is 18.2 Å². The van der Waals surface area contributed by atoms with E-state index < -0.39 is 5.82 Å². The zero-order chi connectivity index (χ0) is 17.4. The first kappa shape index (κ1) is 18.4. The molecular weight excluding hydrogens is 309 g/mol. The summed E-state index contributed by atoms with van der Waals surface area (Å²) in [7, 11) is 0. The maximum Gasteiger partial charge on any atom is 0.253 e. The maximum absolute atomic E-state index is 13.4. The van der Waals surface area contributed by atoms with E-state index in [9.17, 15) is 14.0 Å². The van der Waals surface area contributed by atoms with Crippen molar-refractivity contribution >= 4 is 11.8 Å². The number of carbonyl (C=O) groups is 2. The van der Waals surface area contributed by atoms with E-state index in [0.29, 0.717) is 38.2 Å². The van der Waals surface area contributed by atoms with Gasteiger partial charge in [-0.15, -0.1) is 0 Å². The van der Waals surface area contributed by atoms with Crippen molar-refractivity contribution < 1.29 is 14.0 Å². The van der Waals surface area contributed by atoms with Crippen molar-refractivity contribution in [1.29, 1.82) is 0 Å². The first-order valence-electron chi connectivity index (χ1n) is 8.65. The number of benzene rings is 1. The number of piperazine rings is 1. The van der Waals surface area contributed by atoms with Crippen LogP contribution in [-0.4, -0.2) is 60.9 Å². The zero-order valence-corrected chi connectivity index (χ0v) is 14.3. The molecule has 1 aromatic carbocycles. The molecular formula is C18H26FN3O2. The second-order valence-electron chi connectivity index (χ2n) is 6.04. The molecule has 1 saturated heterocycles. The average molecular weight is 335 g/mol. The first-order chi connectivity index (χ1) is 11.6. The summed E-state index contributed by atoms with van der Waals surface area (Å²) in [5.74, 6) is -0.561. The SMILES string of the molecule is CCCCN(CCC(=O)N1CCNCC1)C(=O)c1cccc(F)c1. The van der Waals surface area contributed by atoms with Gasteiger partial charge in [-0.2, -0.15) is 0 Å². The van der Waals surface area contributed by atoms with Crippen LogP contribution in [0.5, 0.6) is 0 Å². The molecule has 0 saturated carbocycles. The first-order valence-corrected chi connectivity index (χ1v) is 8.65. The quantitative estimate of drug-likeness (QED) is 0.828. The van der Waals surface area contributed by atoms with Gasteiger partial charge in [0.2, 0.25) is 5.91 Å². The van der Waals surface area contributed by atoms with Crippen LogP contribution < -0.4 is 5.32 Å². The van der Waals surface area contributed by atoms with Gasteiger partial charge in [0.15, 0.2) is 0 Å². The molecule has 0 radical (unpaired) electrons. The molecule has 0 spiro atoms. The third-order valence-corrected chi connectivity index (χ3v) is 4.21. The van der Waals surface area contributed by atoms with Gasteiger partial charge in [-0.25, -0.2) is 4.39 Å². The molecule has 1 heterocycles. The minimum absolute atomic E-state index is 0.0741. The molecule has 2 rings (SSSR count). The highest BCUT2D eigenvalue weighted by Crippen LogP contribution is 2.10. The second kappa shape index (κ2) is 9.37. The molecule has 1 N–H and O–H groups in total. The third kappa shape index (κ3) is 5.30. The Morgan fingerprint density at radius 2 is 2.00 bits per heavy atom. The molecule has 0 bridgehead atoms. The van der Waals surface area contributed by atoms with Gasteiger partial charge in [0, 0.05) is 51.3 Å². The normalized spacial score (nSPS) is 14.5. The van der Waals surface area contributed by atoms with Gasteiger partial charge in [-0.3, -0.25) is 9.59 Å². The van der Waals surface area contributed by atoms with Gasteiger partial charge in [0.05, 0.1) is 0 Å². The van der Waals surface area contributed by atoms with Crippen molar-refractivity contribution in [2.75, 3.05) is 39.3 Å². The van der Waals surface area contributed by atoms with Crippen molar-refractivity contribution in [2.45, 2.75) is 26.2 Å². The highest BCUT2D eigenvalue weighted by molar-refractivity contribution is 5.94. The second-order valence-corrected chi connectivity index (χ2v) is 6.04. The van der Waals surface area contributed by atoms with Crippen LogP contribution in [-0.2, 0) is 4.79 Å². The number of halogens is 1. The Kier molecular flexibility index (Phi) is 7.18. The summed E-state index contributed by atoms with van der Waals surface area (Å²) in [5, 5.41) is 3.21. The van der Waals surface area contributed by atoms with Gasteiger partial charge in [-0.1, -0.05) is 19.4 Å². The Bertz CT molecular complexity index is 559. The summed E-state index contributed by atoms with van der Waals surface area (Å²) in [6, 6.07) is 5.72. The monoisotopic (exact) mass is 335 g/mol. The van der Waals surface area contributed by atoms with Crippen molar-refractivity contribution in [1.82, 2.24) is 15.1 Å². The number of nitrogens with zero attached hydrogens (tertiary/aromatic N) is 2. The molecule has 1 aromatic rings. The Balaban J connectivity index is 1.96. The molecule has 2 amide bonds. The van der Waals surface area contributed by atoms with Crippen LogP contribution in [0.3, 0.4) is 0 Å². The number of rotatable bonds is 7. The summed E-state index contributed by atoms with van der Waals surface area (Å²) in [6.07, 6.45) is 2.13. The van der Waals surface area contributed by atoms with Crippen LogP contribution >= 0.6 is 0 Å². The van der Waals surface area contributed by atoms with Crippen LogP contribution in [0.4, 0.5) is 4.39 Å². The van der Waals surface area contributed by atoms with Crippen molar-refractivity contribution in [3.63, 3.8) is 0 Å². The molecule has 0 aliphatic carbocycles. The van der Waals surface area contributed by atoms with Crippen molar-refractivity contribution in [3.8, 4) is 0 Å². The lowest BCUT2D eigenvalue weighted by molar-refractivity contribution is -0.131. The van der Waals surface area contributed by atoms with Gasteiger partial charge < -0.3 is 15.1 Å². The Hall–Kier alpha value is -1.95. The maximum atomic E-state index is 13.4. The predicted octanol–water partition coefficient (Wildman–Crippen LogP) is 1.89. The van der Waals surface area contributed by atoms with E-state index in [0.717, 1.165) is 25.9 Å². The lowest BCUT2D eigenvalue weighted by Gasteiger charge is -2.29. The number of carbonyl (C=O) groups excluding carboxylic acids is 2. The van der Waals surface area contributed by atoms with Gasteiger partial charge in [0.25, 0.3) is 5.91 Å². The summed E-state index contributed by atoms with van der Waals surface area (Å²) < 4.78 is 13.4. The molecule has 0 aromatic heterocycles. The largest absolute Gasteiger partial charge is 0.340 e. The zero-order valence-electron chi connectivity index (χ0n) is 14.3. The molecule has 24 heavy (non-hydrogen) atoms. The predicted molar refractivity (Wildman–Crippen MR) is 91.3 cm³/mol. The lowest BCUT2D eigenvalue weighted by Crippen LogP contribution is -2.47. The van der Waals surface area contributed by atoms with Crippen molar-refractivity contribution in [3.05, 3.63) is 35.6 Å². The molecule has 1 fully saturated rings. The molecule has 0 atom stereocenters. The minimum Gasteiger partial charge on any atom is -0.340 e. The number of hydrogen-bond donors (Lipinski definition) is 1. The Morgan fingerprint density at radius 3 is 2.67 bits per heavy atom. The smallest absolute Gasteiger partial charge is 0.253 e. The molecule has 6 heteroatoms. The number of amides is 2. The Labute approximate surface area is 142 Å². The Morgan fingerprint density at radius 1 is 1.25 bits per heavy atom. The van der Waals surface area contributed by atoms with Gasteiger partial charge in [0.1, 0.15) is 5.82 Å². The molecule has 5 nitrogen and oxygen atoms in total. The third-order valence-electron chi connectivity index (χ3n) is 4.21. The number of hydrogen-bond acceptors (Lipinski definition) is 3. The summed E-state index contributed by atoms with van der Waals surface area (Å²) in [5.41, 5.74) is 0.334. The van der Waals surface area contributed by atoms with Crippen molar-refractivity contribution in [2.24, 2.45) is 0 Å². The average Bonchev–Trinajstić information content (AvgIpc) is 2.62. The lowest BCUT2D eigenvalue weighted by atomic mass is 10.1. The van der Waals surface area contributed by atoms with Gasteiger partial charge >= 0.3 is 0 Å². The number of nitrogens with one attached hydrogen (secondary N) is 1. The summed E-state index contributed by atoms with van der Waals surface area (Å²) >= 11 is 0. The highest BCUT2D eigenvalue weighted by Gasteiger charge is 2.20. The topological polar surface area (TPSA) is 52.7 Å². The van der Waals surface area contributed by atoms with Crippen LogP contribution in [0.25, 0.3) is 0 Å². The van der Waals surface area contributed by atoms with Crippen LogP contribution in [0.15, 0.2) is 24.3 Å². The highest BCUT2D eigenvalue weighted by atomic mass is 19.1. The van der Waals surface area contributed by atoms with Crippen LogP contribution in [0.2, 0.25) is 0 Å². The van der Waals surface area contributed by atoms with Crippen LogP contribution in [0, 0.1) is 5.82 Å². The fourth-order valence-electron chi connectivity index (χ4n) is 2.77. The van der Waals surface area contributed by atoms with Crippen LogP contribution in [0.1, 0.15) is 36.5 Å². The van der Waals surface area contributed by atoms with E-state index >= 15 is 0 Å². The molecule has 132 valence electrons. The van der Waals surface area contributed by atoms with Gasteiger partial charge in [-0.05, 0) is 24.6 Å². The molecule has 1 aliphatic rings. The molecule has 1 aliphatic heterocycles. The van der Waals surface area contributed by atoms with E-state index in [1.807, 2.05) is 4.90 Å². The van der Waals surface area contributed by atoms with E-state index in [1.54, 1.807) is 11.0 Å². The number of unbranched alkanes of at least 4 members (excludes halogenated alkanes) is 1. The van der Waals surface area contributed by atoms with E-state index in [2.05, 4.69) is 12.2 Å².